The Hall–Kier alpha value is -1.74. The van der Waals surface area contributed by atoms with Gasteiger partial charge in [0.25, 0.3) is 11.5 Å². The number of aromatic nitrogens is 2. The Morgan fingerprint density at radius 2 is 2.04 bits per heavy atom. The lowest BCUT2D eigenvalue weighted by atomic mass is 10.2. The van der Waals surface area contributed by atoms with Crippen LogP contribution in [0.5, 0.6) is 0 Å². The predicted molar refractivity (Wildman–Crippen MR) is 106 cm³/mol. The van der Waals surface area contributed by atoms with Gasteiger partial charge in [-0.15, -0.1) is 11.3 Å². The number of halogens is 1. The van der Waals surface area contributed by atoms with Gasteiger partial charge >= 0.3 is 0 Å². The number of thiophene rings is 1. The molecule has 7 heteroatoms. The van der Waals surface area contributed by atoms with Gasteiger partial charge in [0.1, 0.15) is 4.83 Å². The minimum atomic E-state index is -0.210. The molecule has 0 unspecified atom stereocenters. The highest BCUT2D eigenvalue weighted by Crippen LogP contribution is 2.27. The van der Waals surface area contributed by atoms with E-state index in [1.54, 1.807) is 17.8 Å². The maximum absolute atomic E-state index is 12.6. The fraction of sp³-hybridized carbons (Fsp3) is 0.235. The third-order valence-electron chi connectivity index (χ3n) is 3.69. The lowest BCUT2D eigenvalue weighted by Crippen LogP contribution is -2.20. The van der Waals surface area contributed by atoms with Crippen LogP contribution in [0.15, 0.2) is 35.4 Å². The van der Waals surface area contributed by atoms with Crippen LogP contribution in [-0.2, 0) is 6.54 Å². The molecular formula is C17H16IN3O2S. The molecule has 0 saturated heterocycles. The summed E-state index contributed by atoms with van der Waals surface area (Å²) in [6, 6.07) is 7.57. The second-order valence-electron chi connectivity index (χ2n) is 5.44. The Kier molecular flexibility index (Phi) is 5.00. The lowest BCUT2D eigenvalue weighted by molar-refractivity contribution is 0.103. The molecule has 0 fully saturated rings. The summed E-state index contributed by atoms with van der Waals surface area (Å²) in [5, 5.41) is 3.42. The van der Waals surface area contributed by atoms with Crippen LogP contribution >= 0.6 is 33.9 Å². The summed E-state index contributed by atoms with van der Waals surface area (Å²) in [5.41, 5.74) is 1.35. The van der Waals surface area contributed by atoms with Crippen LogP contribution in [-0.4, -0.2) is 15.5 Å². The van der Waals surface area contributed by atoms with Crippen molar-refractivity contribution in [2.45, 2.75) is 26.8 Å². The fourth-order valence-electron chi connectivity index (χ4n) is 2.50. The molecule has 1 aromatic carbocycles. The van der Waals surface area contributed by atoms with Crippen LogP contribution in [0, 0.1) is 10.5 Å². The summed E-state index contributed by atoms with van der Waals surface area (Å²) in [4.78, 5) is 30.6. The van der Waals surface area contributed by atoms with E-state index in [0.717, 1.165) is 15.7 Å². The Balaban J connectivity index is 1.99. The van der Waals surface area contributed by atoms with Gasteiger partial charge in [-0.2, -0.15) is 0 Å². The quantitative estimate of drug-likeness (QED) is 0.607. The predicted octanol–water partition coefficient (Wildman–Crippen LogP) is 4.03. The smallest absolute Gasteiger partial charge is 0.266 e. The summed E-state index contributed by atoms with van der Waals surface area (Å²) in [6.45, 7) is 4.44. The Morgan fingerprint density at radius 3 is 2.71 bits per heavy atom. The van der Waals surface area contributed by atoms with E-state index >= 15 is 0 Å². The number of carbonyl (C=O) groups is 1. The molecule has 5 nitrogen and oxygen atoms in total. The fourth-order valence-corrected chi connectivity index (χ4v) is 3.89. The van der Waals surface area contributed by atoms with Gasteiger partial charge in [0, 0.05) is 15.8 Å². The minimum absolute atomic E-state index is 0.0797. The molecular weight excluding hydrogens is 437 g/mol. The number of rotatable bonds is 4. The summed E-state index contributed by atoms with van der Waals surface area (Å²) in [6.07, 6.45) is 2.42. The van der Waals surface area contributed by atoms with Crippen molar-refractivity contribution in [2.24, 2.45) is 0 Å². The first-order valence-corrected chi connectivity index (χ1v) is 9.46. The van der Waals surface area contributed by atoms with Crippen molar-refractivity contribution in [3.05, 3.63) is 55.0 Å². The van der Waals surface area contributed by atoms with Gasteiger partial charge in [0.05, 0.1) is 16.6 Å². The lowest BCUT2D eigenvalue weighted by Gasteiger charge is -2.04. The van der Waals surface area contributed by atoms with Crippen LogP contribution in [0.2, 0.25) is 0 Å². The molecule has 0 saturated carbocycles. The number of fused-ring (bicyclic) bond motifs is 1. The summed E-state index contributed by atoms with van der Waals surface area (Å²) in [5.74, 6) is -0.210. The zero-order valence-electron chi connectivity index (χ0n) is 13.3. The Morgan fingerprint density at radius 1 is 1.33 bits per heavy atom. The van der Waals surface area contributed by atoms with Crippen molar-refractivity contribution in [3.63, 3.8) is 0 Å². The van der Waals surface area contributed by atoms with E-state index in [2.05, 4.69) is 32.9 Å². The number of anilines is 1. The third kappa shape index (κ3) is 3.23. The molecule has 0 aliphatic carbocycles. The molecule has 0 atom stereocenters. The number of nitrogens with one attached hydrogen (secondary N) is 1. The van der Waals surface area contributed by atoms with Crippen LogP contribution in [0.25, 0.3) is 10.2 Å². The van der Waals surface area contributed by atoms with E-state index in [9.17, 15) is 9.59 Å². The first kappa shape index (κ1) is 17.1. The summed E-state index contributed by atoms with van der Waals surface area (Å²) >= 11 is 3.47. The topological polar surface area (TPSA) is 64.0 Å². The Labute approximate surface area is 156 Å². The number of hydrogen-bond donors (Lipinski definition) is 1. The number of carbonyl (C=O) groups excluding carboxylic acids is 1. The molecule has 0 aliphatic rings. The van der Waals surface area contributed by atoms with Crippen molar-refractivity contribution < 1.29 is 4.79 Å². The zero-order chi connectivity index (χ0) is 17.3. The molecule has 2 aromatic heterocycles. The van der Waals surface area contributed by atoms with Crippen LogP contribution in [0.3, 0.4) is 0 Å². The van der Waals surface area contributed by atoms with Crippen LogP contribution in [0.4, 0.5) is 5.69 Å². The second kappa shape index (κ2) is 7.02. The average Bonchev–Trinajstić information content (AvgIpc) is 2.90. The van der Waals surface area contributed by atoms with Crippen LogP contribution in [0.1, 0.15) is 28.6 Å². The number of hydrogen-bond acceptors (Lipinski definition) is 4. The van der Waals surface area contributed by atoms with Crippen molar-refractivity contribution in [1.29, 1.82) is 0 Å². The molecule has 1 amide bonds. The van der Waals surface area contributed by atoms with Gasteiger partial charge in [-0.1, -0.05) is 6.92 Å². The van der Waals surface area contributed by atoms with Gasteiger partial charge in [0.15, 0.2) is 0 Å². The van der Waals surface area contributed by atoms with Gasteiger partial charge in [0.2, 0.25) is 0 Å². The van der Waals surface area contributed by atoms with Crippen molar-refractivity contribution in [2.75, 3.05) is 5.32 Å². The van der Waals surface area contributed by atoms with Gasteiger partial charge in [-0.25, -0.2) is 4.98 Å². The van der Waals surface area contributed by atoms with Crippen molar-refractivity contribution >= 4 is 55.7 Å². The number of nitrogens with zero attached hydrogens (tertiary/aromatic N) is 2. The van der Waals surface area contributed by atoms with Crippen molar-refractivity contribution in [3.8, 4) is 0 Å². The van der Waals surface area contributed by atoms with Gasteiger partial charge in [-0.05, 0) is 65.8 Å². The number of aryl methyl sites for hydroxylation is 2. The monoisotopic (exact) mass is 453 g/mol. The molecule has 24 heavy (non-hydrogen) atoms. The standard InChI is InChI=1S/C17H16IN3O2S/c1-3-8-21-9-19-16-13(17(21)23)10(2)14(24-16)15(22)20-12-6-4-11(18)5-7-12/h4-7,9H,3,8H2,1-2H3,(H,20,22). The van der Waals surface area contributed by atoms with Crippen LogP contribution < -0.4 is 10.9 Å². The molecule has 0 aliphatic heterocycles. The average molecular weight is 453 g/mol. The maximum Gasteiger partial charge on any atom is 0.266 e. The largest absolute Gasteiger partial charge is 0.321 e. The zero-order valence-corrected chi connectivity index (χ0v) is 16.3. The molecule has 0 radical (unpaired) electrons. The molecule has 0 spiro atoms. The first-order valence-electron chi connectivity index (χ1n) is 7.56. The van der Waals surface area contributed by atoms with E-state index in [0.29, 0.717) is 27.2 Å². The van der Waals surface area contributed by atoms with Gasteiger partial charge < -0.3 is 5.32 Å². The molecule has 3 aromatic rings. The number of benzene rings is 1. The highest BCUT2D eigenvalue weighted by atomic mass is 127. The molecule has 3 rings (SSSR count). The minimum Gasteiger partial charge on any atom is -0.321 e. The van der Waals surface area contributed by atoms with Crippen molar-refractivity contribution in [1.82, 2.24) is 9.55 Å². The van der Waals surface area contributed by atoms with E-state index < -0.39 is 0 Å². The molecule has 1 N–H and O–H groups in total. The molecule has 124 valence electrons. The second-order valence-corrected chi connectivity index (χ2v) is 7.69. The highest BCUT2D eigenvalue weighted by molar-refractivity contribution is 14.1. The molecule has 2 heterocycles. The Bertz CT molecular complexity index is 960. The molecule has 0 bridgehead atoms. The third-order valence-corrected chi connectivity index (χ3v) is 5.61. The number of amides is 1. The van der Waals surface area contributed by atoms with E-state index in [1.807, 2.05) is 31.2 Å². The normalized spacial score (nSPS) is 11.0. The summed E-state index contributed by atoms with van der Waals surface area (Å²) < 4.78 is 2.70. The van der Waals surface area contributed by atoms with E-state index in [1.165, 1.54) is 11.3 Å². The van der Waals surface area contributed by atoms with E-state index in [-0.39, 0.29) is 11.5 Å². The summed E-state index contributed by atoms with van der Waals surface area (Å²) in [7, 11) is 0. The highest BCUT2D eigenvalue weighted by Gasteiger charge is 2.19. The van der Waals surface area contributed by atoms with Gasteiger partial charge in [-0.3, -0.25) is 14.2 Å². The maximum atomic E-state index is 12.6. The van der Waals surface area contributed by atoms with E-state index in [4.69, 9.17) is 0 Å². The first-order chi connectivity index (χ1) is 11.5. The SMILES string of the molecule is CCCn1cnc2sc(C(=O)Nc3ccc(I)cc3)c(C)c2c1=O.